The van der Waals surface area contributed by atoms with Crippen molar-refractivity contribution in [1.82, 2.24) is 10.6 Å². The van der Waals surface area contributed by atoms with Crippen LogP contribution in [-0.2, 0) is 4.79 Å². The van der Waals surface area contributed by atoms with E-state index in [1.165, 1.54) is 51.1 Å². The quantitative estimate of drug-likeness (QED) is 0.403. The summed E-state index contributed by atoms with van der Waals surface area (Å²) in [5.74, 6) is -0.821. The third-order valence-corrected chi connectivity index (χ3v) is 5.33. The van der Waals surface area contributed by atoms with Crippen LogP contribution in [0, 0.1) is 11.3 Å². The zero-order valence-electron chi connectivity index (χ0n) is 17.1. The molecule has 0 aliphatic heterocycles. The van der Waals surface area contributed by atoms with Gasteiger partial charge in [-0.15, -0.1) is 0 Å². The fourth-order valence-corrected chi connectivity index (χ4v) is 3.57. The lowest BCUT2D eigenvalue weighted by molar-refractivity contribution is -0.117. The third kappa shape index (κ3) is 8.39. The van der Waals surface area contributed by atoms with Crippen molar-refractivity contribution in [3.8, 4) is 6.07 Å². The van der Waals surface area contributed by atoms with Crippen molar-refractivity contribution in [3.63, 3.8) is 0 Å². The van der Waals surface area contributed by atoms with Crippen LogP contribution in [0.25, 0.3) is 0 Å². The Hall–Kier alpha value is -2.81. The van der Waals surface area contributed by atoms with Crippen LogP contribution in [0.4, 0.5) is 5.69 Å². The number of hydrogen-bond acceptors (Lipinski definition) is 4. The van der Waals surface area contributed by atoms with E-state index in [1.54, 1.807) is 24.3 Å². The predicted molar refractivity (Wildman–Crippen MR) is 115 cm³/mol. The SMILES string of the molecule is N#C/C(=C/NC(=O)c1ccc(N)cc1)C(=O)NC1CCCCCCCCCCC1. The lowest BCUT2D eigenvalue weighted by Gasteiger charge is -2.19. The first-order chi connectivity index (χ1) is 14.1. The largest absolute Gasteiger partial charge is 0.399 e. The van der Waals surface area contributed by atoms with Gasteiger partial charge in [-0.1, -0.05) is 57.8 Å². The Morgan fingerprint density at radius 1 is 0.931 bits per heavy atom. The number of hydrogen-bond donors (Lipinski definition) is 3. The molecule has 6 heteroatoms. The Balaban J connectivity index is 1.91. The fourth-order valence-electron chi connectivity index (χ4n) is 3.57. The maximum Gasteiger partial charge on any atom is 0.263 e. The van der Waals surface area contributed by atoms with Crippen LogP contribution in [-0.4, -0.2) is 17.9 Å². The van der Waals surface area contributed by atoms with Gasteiger partial charge in [0.05, 0.1) is 0 Å². The van der Waals surface area contributed by atoms with Crippen LogP contribution in [0.15, 0.2) is 36.0 Å². The van der Waals surface area contributed by atoms with Crippen LogP contribution >= 0.6 is 0 Å². The van der Waals surface area contributed by atoms with E-state index in [-0.39, 0.29) is 11.6 Å². The standard InChI is InChI=1S/C23H32N4O2/c24-16-19(17-26-22(28)18-12-14-20(25)15-13-18)23(29)27-21-10-8-6-4-2-1-3-5-7-9-11-21/h12-15,17,21H,1-11,25H2,(H,26,28)(H,27,29)/b19-17-. The summed E-state index contributed by atoms with van der Waals surface area (Å²) in [5.41, 5.74) is 6.49. The first kappa shape index (κ1) is 22.5. The molecule has 0 atom stereocenters. The molecule has 0 radical (unpaired) electrons. The smallest absolute Gasteiger partial charge is 0.263 e. The predicted octanol–water partition coefficient (Wildman–Crippen LogP) is 4.20. The monoisotopic (exact) mass is 396 g/mol. The number of rotatable bonds is 4. The molecule has 2 rings (SSSR count). The molecule has 1 saturated carbocycles. The molecule has 29 heavy (non-hydrogen) atoms. The minimum absolute atomic E-state index is 0.0754. The van der Waals surface area contributed by atoms with E-state index in [2.05, 4.69) is 10.6 Å². The highest BCUT2D eigenvalue weighted by Crippen LogP contribution is 2.17. The van der Waals surface area contributed by atoms with Crippen molar-refractivity contribution in [2.45, 2.75) is 76.7 Å². The normalized spacial score (nSPS) is 17.3. The lowest BCUT2D eigenvalue weighted by Crippen LogP contribution is -2.36. The van der Waals surface area contributed by atoms with Crippen molar-refractivity contribution in [1.29, 1.82) is 5.26 Å². The molecular weight excluding hydrogens is 364 g/mol. The summed E-state index contributed by atoms with van der Waals surface area (Å²) >= 11 is 0. The van der Waals surface area contributed by atoms with Crippen LogP contribution < -0.4 is 16.4 Å². The summed E-state index contributed by atoms with van der Waals surface area (Å²) < 4.78 is 0. The number of carbonyl (C=O) groups excluding carboxylic acids is 2. The average molecular weight is 397 g/mol. The highest BCUT2D eigenvalue weighted by Gasteiger charge is 2.16. The van der Waals surface area contributed by atoms with E-state index in [1.807, 2.05) is 6.07 Å². The summed E-state index contributed by atoms with van der Waals surface area (Å²) in [6.45, 7) is 0. The molecule has 1 aromatic carbocycles. The van der Waals surface area contributed by atoms with Gasteiger partial charge >= 0.3 is 0 Å². The van der Waals surface area contributed by atoms with Crippen molar-refractivity contribution >= 4 is 17.5 Å². The Kier molecular flexibility index (Phi) is 9.77. The van der Waals surface area contributed by atoms with Gasteiger partial charge in [-0.05, 0) is 37.1 Å². The highest BCUT2D eigenvalue weighted by atomic mass is 16.2. The average Bonchev–Trinajstić information content (AvgIpc) is 2.71. The second-order valence-corrected chi connectivity index (χ2v) is 7.70. The summed E-state index contributed by atoms with van der Waals surface area (Å²) in [4.78, 5) is 24.7. The molecular formula is C23H32N4O2. The number of nitrogens with zero attached hydrogens (tertiary/aromatic N) is 1. The van der Waals surface area contributed by atoms with E-state index in [9.17, 15) is 14.9 Å². The van der Waals surface area contributed by atoms with E-state index in [0.717, 1.165) is 25.7 Å². The molecule has 0 unspecified atom stereocenters. The second-order valence-electron chi connectivity index (χ2n) is 7.70. The number of carbonyl (C=O) groups is 2. The first-order valence-electron chi connectivity index (χ1n) is 10.7. The zero-order chi connectivity index (χ0) is 20.9. The fraction of sp³-hybridized carbons (Fsp3) is 0.522. The molecule has 1 aliphatic carbocycles. The van der Waals surface area contributed by atoms with Gasteiger partial charge in [0.25, 0.3) is 11.8 Å². The minimum Gasteiger partial charge on any atom is -0.399 e. The number of nitriles is 1. The van der Waals surface area contributed by atoms with Gasteiger partial charge in [0, 0.05) is 23.5 Å². The maximum atomic E-state index is 12.5. The van der Waals surface area contributed by atoms with Crippen molar-refractivity contribution in [2.75, 3.05) is 5.73 Å². The van der Waals surface area contributed by atoms with E-state index in [4.69, 9.17) is 5.73 Å². The second kappa shape index (κ2) is 12.6. The molecule has 0 spiro atoms. The summed E-state index contributed by atoms with van der Waals surface area (Å²) in [6, 6.07) is 8.40. The van der Waals surface area contributed by atoms with Crippen LogP contribution in [0.2, 0.25) is 0 Å². The number of anilines is 1. The Morgan fingerprint density at radius 3 is 1.97 bits per heavy atom. The minimum atomic E-state index is -0.429. The van der Waals surface area contributed by atoms with Crippen LogP contribution in [0.5, 0.6) is 0 Å². The third-order valence-electron chi connectivity index (χ3n) is 5.33. The Morgan fingerprint density at radius 2 is 1.45 bits per heavy atom. The summed E-state index contributed by atoms with van der Waals surface area (Å²) in [6.07, 6.45) is 14.0. The van der Waals surface area contributed by atoms with Gasteiger partial charge < -0.3 is 16.4 Å². The highest BCUT2D eigenvalue weighted by molar-refractivity contribution is 5.99. The molecule has 0 saturated heterocycles. The van der Waals surface area contributed by atoms with Gasteiger partial charge in [-0.3, -0.25) is 9.59 Å². The Bertz CT molecular complexity index is 722. The van der Waals surface area contributed by atoms with Gasteiger partial charge in [0.15, 0.2) is 0 Å². The molecule has 1 fully saturated rings. The van der Waals surface area contributed by atoms with E-state index in [0.29, 0.717) is 11.3 Å². The number of amides is 2. The van der Waals surface area contributed by atoms with Gasteiger partial charge in [0.2, 0.25) is 0 Å². The number of nitrogens with one attached hydrogen (secondary N) is 2. The molecule has 0 heterocycles. The molecule has 1 aliphatic rings. The lowest BCUT2D eigenvalue weighted by atomic mass is 9.98. The summed E-state index contributed by atoms with van der Waals surface area (Å²) in [7, 11) is 0. The number of benzene rings is 1. The van der Waals surface area contributed by atoms with Gasteiger partial charge in [-0.2, -0.15) is 5.26 Å². The number of nitrogen functional groups attached to an aromatic ring is 1. The van der Waals surface area contributed by atoms with Crippen molar-refractivity contribution in [2.24, 2.45) is 0 Å². The van der Waals surface area contributed by atoms with E-state index < -0.39 is 11.8 Å². The van der Waals surface area contributed by atoms with E-state index >= 15 is 0 Å². The zero-order valence-corrected chi connectivity index (χ0v) is 17.1. The van der Waals surface area contributed by atoms with Crippen molar-refractivity contribution in [3.05, 3.63) is 41.6 Å². The molecule has 0 aromatic heterocycles. The maximum absolute atomic E-state index is 12.5. The van der Waals surface area contributed by atoms with Crippen molar-refractivity contribution < 1.29 is 9.59 Å². The van der Waals surface area contributed by atoms with Crippen LogP contribution in [0.3, 0.4) is 0 Å². The molecule has 2 amide bonds. The van der Waals surface area contributed by atoms with Crippen LogP contribution in [0.1, 0.15) is 81.0 Å². The van der Waals surface area contributed by atoms with Gasteiger partial charge in [0.1, 0.15) is 11.6 Å². The summed E-state index contributed by atoms with van der Waals surface area (Å²) in [5, 5.41) is 14.9. The molecule has 0 bridgehead atoms. The molecule has 156 valence electrons. The van der Waals surface area contributed by atoms with Gasteiger partial charge in [-0.25, -0.2) is 0 Å². The first-order valence-corrected chi connectivity index (χ1v) is 10.7. The number of nitrogens with two attached hydrogens (primary N) is 1. The topological polar surface area (TPSA) is 108 Å². The Labute approximate surface area is 173 Å². The molecule has 6 nitrogen and oxygen atoms in total. The molecule has 4 N–H and O–H groups in total. The molecule has 1 aromatic rings.